The first kappa shape index (κ1) is 16.8. The summed E-state index contributed by atoms with van der Waals surface area (Å²) in [7, 11) is -4.00. The summed E-state index contributed by atoms with van der Waals surface area (Å²) in [6.07, 6.45) is 0. The zero-order valence-electron chi connectivity index (χ0n) is 13.6. The number of nitro groups is 1. The molecule has 8 heteroatoms. The van der Waals surface area contributed by atoms with E-state index < -0.39 is 14.9 Å². The van der Waals surface area contributed by atoms with Crippen LogP contribution in [0.3, 0.4) is 0 Å². The van der Waals surface area contributed by atoms with Gasteiger partial charge in [-0.1, -0.05) is 24.3 Å². The summed E-state index contributed by atoms with van der Waals surface area (Å²) in [5, 5.41) is 11.7. The van der Waals surface area contributed by atoms with Gasteiger partial charge in [-0.05, 0) is 31.5 Å². The van der Waals surface area contributed by atoms with Crippen LogP contribution in [0.5, 0.6) is 0 Å². The van der Waals surface area contributed by atoms with Crippen LogP contribution in [0.15, 0.2) is 53.4 Å². The van der Waals surface area contributed by atoms with E-state index in [1.54, 1.807) is 19.1 Å². The minimum atomic E-state index is -4.00. The zero-order valence-corrected chi connectivity index (χ0v) is 14.4. The van der Waals surface area contributed by atoms with Gasteiger partial charge in [0, 0.05) is 23.2 Å². The maximum atomic E-state index is 12.8. The first-order chi connectivity index (χ1) is 11.8. The second-order valence-corrected chi connectivity index (χ2v) is 7.29. The number of sulfonamides is 1. The summed E-state index contributed by atoms with van der Waals surface area (Å²) in [5.74, 6) is 0. The Labute approximate surface area is 144 Å². The maximum absolute atomic E-state index is 12.8. The Morgan fingerprint density at radius 3 is 2.56 bits per heavy atom. The van der Waals surface area contributed by atoms with Gasteiger partial charge in [0.25, 0.3) is 15.7 Å². The molecule has 2 aromatic carbocycles. The van der Waals surface area contributed by atoms with Crippen molar-refractivity contribution in [1.82, 2.24) is 4.98 Å². The molecule has 3 rings (SSSR count). The number of anilines is 1. The molecule has 0 unspecified atom stereocenters. The minimum absolute atomic E-state index is 0.133. The Kier molecular flexibility index (Phi) is 4.13. The Morgan fingerprint density at radius 2 is 1.84 bits per heavy atom. The van der Waals surface area contributed by atoms with Crippen LogP contribution in [0.4, 0.5) is 11.4 Å². The molecule has 1 heterocycles. The predicted molar refractivity (Wildman–Crippen MR) is 95.1 cm³/mol. The van der Waals surface area contributed by atoms with E-state index in [0.29, 0.717) is 16.8 Å². The fraction of sp³-hybridized carbons (Fsp3) is 0.118. The van der Waals surface area contributed by atoms with Crippen LogP contribution in [0.2, 0.25) is 0 Å². The fourth-order valence-electron chi connectivity index (χ4n) is 2.52. The number of nitrogens with one attached hydrogen (secondary N) is 1. The second kappa shape index (κ2) is 6.14. The van der Waals surface area contributed by atoms with E-state index in [2.05, 4.69) is 9.71 Å². The van der Waals surface area contributed by atoms with Gasteiger partial charge in [0.05, 0.1) is 21.0 Å². The number of hydrogen-bond acceptors (Lipinski definition) is 5. The van der Waals surface area contributed by atoms with Crippen molar-refractivity contribution in [2.75, 3.05) is 4.72 Å². The first-order valence-corrected chi connectivity index (χ1v) is 8.90. The summed E-state index contributed by atoms with van der Waals surface area (Å²) in [6, 6.07) is 12.6. The molecule has 0 fully saturated rings. The van der Waals surface area contributed by atoms with E-state index in [4.69, 9.17) is 0 Å². The van der Waals surface area contributed by atoms with Crippen molar-refractivity contribution in [2.45, 2.75) is 18.7 Å². The molecule has 25 heavy (non-hydrogen) atoms. The third kappa shape index (κ3) is 3.29. The number of non-ortho nitro benzene ring substituents is 1. The van der Waals surface area contributed by atoms with Gasteiger partial charge in [-0.25, -0.2) is 8.42 Å². The molecule has 0 radical (unpaired) electrons. The van der Waals surface area contributed by atoms with Gasteiger partial charge in [0.1, 0.15) is 0 Å². The molecule has 128 valence electrons. The van der Waals surface area contributed by atoms with E-state index >= 15 is 0 Å². The Bertz CT molecular complexity index is 1090. The summed E-state index contributed by atoms with van der Waals surface area (Å²) < 4.78 is 28.0. The number of nitro benzene ring substituents is 1. The van der Waals surface area contributed by atoms with Crippen LogP contribution in [0.25, 0.3) is 10.9 Å². The molecule has 0 aliphatic rings. The Hall–Kier alpha value is -3.00. The van der Waals surface area contributed by atoms with Gasteiger partial charge >= 0.3 is 0 Å². The topological polar surface area (TPSA) is 102 Å². The van der Waals surface area contributed by atoms with E-state index in [9.17, 15) is 18.5 Å². The SMILES string of the molecule is Cc1ccc2cccc(NS(=O)(=O)c3cc([N+](=O)[O-])ccc3C)c2n1. The molecule has 0 saturated heterocycles. The van der Waals surface area contributed by atoms with Gasteiger partial charge in [0.15, 0.2) is 0 Å². The van der Waals surface area contributed by atoms with Crippen molar-refractivity contribution in [1.29, 1.82) is 0 Å². The number of fused-ring (bicyclic) bond motifs is 1. The molecular formula is C17H15N3O4S. The summed E-state index contributed by atoms with van der Waals surface area (Å²) in [4.78, 5) is 14.6. The van der Waals surface area contributed by atoms with Gasteiger partial charge in [-0.15, -0.1) is 0 Å². The number of nitrogens with zero attached hydrogens (tertiary/aromatic N) is 2. The van der Waals surface area contributed by atoms with E-state index in [1.807, 2.05) is 25.1 Å². The standard InChI is InChI=1S/C17H15N3O4S/c1-11-6-9-14(20(21)22)10-16(11)25(23,24)19-15-5-3-4-13-8-7-12(2)18-17(13)15/h3-10,19H,1-2H3. The molecule has 0 saturated carbocycles. The highest BCUT2D eigenvalue weighted by atomic mass is 32.2. The number of aromatic nitrogens is 1. The van der Waals surface area contributed by atoms with Gasteiger partial charge in [-0.3, -0.25) is 19.8 Å². The third-order valence-corrected chi connectivity index (χ3v) is 5.28. The molecule has 0 aliphatic heterocycles. The van der Waals surface area contributed by atoms with E-state index in [1.165, 1.54) is 12.1 Å². The molecule has 0 amide bonds. The van der Waals surface area contributed by atoms with Gasteiger partial charge in [-0.2, -0.15) is 0 Å². The van der Waals surface area contributed by atoms with Crippen molar-refractivity contribution in [3.8, 4) is 0 Å². The molecule has 0 atom stereocenters. The molecule has 1 aromatic heterocycles. The van der Waals surface area contributed by atoms with Gasteiger partial charge in [0.2, 0.25) is 0 Å². The molecule has 0 aliphatic carbocycles. The highest BCUT2D eigenvalue weighted by Crippen LogP contribution is 2.27. The molecule has 0 bridgehead atoms. The second-order valence-electron chi connectivity index (χ2n) is 5.64. The van der Waals surface area contributed by atoms with Gasteiger partial charge < -0.3 is 0 Å². The van der Waals surface area contributed by atoms with E-state index in [0.717, 1.165) is 17.1 Å². The molecule has 3 aromatic rings. The van der Waals surface area contributed by atoms with Crippen molar-refractivity contribution in [3.05, 3.63) is 69.9 Å². The monoisotopic (exact) mass is 357 g/mol. The summed E-state index contributed by atoms with van der Waals surface area (Å²) in [6.45, 7) is 3.40. The van der Waals surface area contributed by atoms with Crippen LogP contribution >= 0.6 is 0 Å². The van der Waals surface area contributed by atoms with Crippen LogP contribution in [0, 0.1) is 24.0 Å². The lowest BCUT2D eigenvalue weighted by Gasteiger charge is -2.12. The Morgan fingerprint density at radius 1 is 1.08 bits per heavy atom. The number of pyridine rings is 1. The van der Waals surface area contributed by atoms with Crippen LogP contribution in [0.1, 0.15) is 11.3 Å². The van der Waals surface area contributed by atoms with Crippen molar-refractivity contribution in [3.63, 3.8) is 0 Å². The van der Waals surface area contributed by atoms with Crippen molar-refractivity contribution >= 4 is 32.3 Å². The minimum Gasteiger partial charge on any atom is -0.277 e. The fourth-order valence-corrected chi connectivity index (χ4v) is 3.85. The first-order valence-electron chi connectivity index (χ1n) is 7.42. The molecule has 0 spiro atoms. The normalized spacial score (nSPS) is 11.4. The van der Waals surface area contributed by atoms with Crippen molar-refractivity contribution < 1.29 is 13.3 Å². The lowest BCUT2D eigenvalue weighted by Crippen LogP contribution is -2.15. The van der Waals surface area contributed by atoms with Crippen molar-refractivity contribution in [2.24, 2.45) is 0 Å². The highest BCUT2D eigenvalue weighted by molar-refractivity contribution is 7.92. The molecule has 7 nitrogen and oxygen atoms in total. The number of hydrogen-bond donors (Lipinski definition) is 1. The lowest BCUT2D eigenvalue weighted by molar-refractivity contribution is -0.385. The Balaban J connectivity index is 2.10. The van der Waals surface area contributed by atoms with Crippen LogP contribution in [-0.2, 0) is 10.0 Å². The lowest BCUT2D eigenvalue weighted by atomic mass is 10.2. The largest absolute Gasteiger partial charge is 0.277 e. The summed E-state index contributed by atoms with van der Waals surface area (Å²) in [5.41, 5.74) is 1.74. The van der Waals surface area contributed by atoms with Crippen LogP contribution < -0.4 is 4.72 Å². The van der Waals surface area contributed by atoms with Crippen LogP contribution in [-0.4, -0.2) is 18.3 Å². The highest BCUT2D eigenvalue weighted by Gasteiger charge is 2.21. The molecule has 1 N–H and O–H groups in total. The van der Waals surface area contributed by atoms with E-state index in [-0.39, 0.29) is 10.6 Å². The quantitative estimate of drug-likeness (QED) is 0.568. The third-order valence-electron chi connectivity index (χ3n) is 3.78. The average Bonchev–Trinajstić information content (AvgIpc) is 2.55. The number of rotatable bonds is 4. The maximum Gasteiger partial charge on any atom is 0.270 e. The molecular weight excluding hydrogens is 342 g/mol. The zero-order chi connectivity index (χ0) is 18.2. The number of para-hydroxylation sites is 1. The average molecular weight is 357 g/mol. The summed E-state index contributed by atoms with van der Waals surface area (Å²) >= 11 is 0. The number of benzene rings is 2. The predicted octanol–water partition coefficient (Wildman–Crippen LogP) is 3.56. The number of aryl methyl sites for hydroxylation is 2. The smallest absolute Gasteiger partial charge is 0.270 e.